The summed E-state index contributed by atoms with van der Waals surface area (Å²) in [6.07, 6.45) is 17.7. The molecule has 1 heteroatoms. The molecule has 6 rings (SSSR count). The fourth-order valence-corrected chi connectivity index (χ4v) is 9.37. The molecule has 6 aliphatic rings. The molecule has 0 aromatic heterocycles. The van der Waals surface area contributed by atoms with Gasteiger partial charge in [0.15, 0.2) is 0 Å². The number of hydrogen-bond donors (Lipinski definition) is 0. The van der Waals surface area contributed by atoms with E-state index in [-0.39, 0.29) is 0 Å². The second-order valence-corrected chi connectivity index (χ2v) is 11.4. The van der Waals surface area contributed by atoms with Crippen LogP contribution in [0.1, 0.15) is 65.7 Å². The van der Waals surface area contributed by atoms with Gasteiger partial charge in [-0.3, -0.25) is 0 Å². The van der Waals surface area contributed by atoms with Gasteiger partial charge in [0.05, 0.1) is 0 Å². The van der Waals surface area contributed by atoms with E-state index in [1.54, 1.807) is 11.1 Å². The van der Waals surface area contributed by atoms with Crippen molar-refractivity contribution in [2.75, 3.05) is 0 Å². The molecule has 10 unspecified atom stereocenters. The van der Waals surface area contributed by atoms with Crippen LogP contribution in [0.25, 0.3) is 0 Å². The van der Waals surface area contributed by atoms with Gasteiger partial charge in [0.25, 0.3) is 0 Å². The van der Waals surface area contributed by atoms with Crippen LogP contribution in [0, 0.1) is 59.2 Å². The molecular weight excluding hydrogens is 335 g/mol. The molecule has 3 saturated carbocycles. The van der Waals surface area contributed by atoms with Crippen LogP contribution in [0.5, 0.6) is 0 Å². The fraction of sp³-hybridized carbons (Fsp3) is 0.741. The summed E-state index contributed by atoms with van der Waals surface area (Å²) >= 11 is 0. The van der Waals surface area contributed by atoms with Gasteiger partial charge in [-0.2, -0.15) is 0 Å². The molecule has 0 N–H and O–H groups in total. The maximum absolute atomic E-state index is 4.49. The Bertz CT molecular complexity index is 797. The van der Waals surface area contributed by atoms with Gasteiger partial charge < -0.3 is 0 Å². The molecular formula is C27H37B. The Morgan fingerprint density at radius 1 is 1.04 bits per heavy atom. The van der Waals surface area contributed by atoms with E-state index >= 15 is 0 Å². The van der Waals surface area contributed by atoms with E-state index < -0.39 is 0 Å². The van der Waals surface area contributed by atoms with E-state index in [4.69, 9.17) is 0 Å². The van der Waals surface area contributed by atoms with Gasteiger partial charge in [0.2, 0.25) is 0 Å². The van der Waals surface area contributed by atoms with Gasteiger partial charge >= 0.3 is 173 Å². The molecule has 0 radical (unpaired) electrons. The maximum atomic E-state index is 4.49. The first kappa shape index (κ1) is 18.0. The van der Waals surface area contributed by atoms with Crippen molar-refractivity contribution in [3.63, 3.8) is 0 Å². The van der Waals surface area contributed by atoms with Crippen LogP contribution < -0.4 is 0 Å². The average molecular weight is 372 g/mol. The molecule has 2 bridgehead atoms. The van der Waals surface area contributed by atoms with Crippen molar-refractivity contribution in [2.24, 2.45) is 59.2 Å². The van der Waals surface area contributed by atoms with Crippen LogP contribution in [-0.4, -0.2) is 13.0 Å². The second kappa shape index (κ2) is 6.32. The van der Waals surface area contributed by atoms with E-state index in [0.29, 0.717) is 0 Å². The zero-order valence-electron chi connectivity index (χ0n) is 18.2. The Morgan fingerprint density at radius 2 is 1.89 bits per heavy atom. The minimum atomic E-state index is 0.795. The molecule has 3 fully saturated rings. The molecule has 28 heavy (non-hydrogen) atoms. The van der Waals surface area contributed by atoms with Crippen LogP contribution in [-0.2, 0) is 0 Å². The second-order valence-electron chi connectivity index (χ2n) is 11.4. The molecule has 6 aliphatic carbocycles. The topological polar surface area (TPSA) is 0 Å². The molecule has 10 atom stereocenters. The van der Waals surface area contributed by atoms with Gasteiger partial charge in [0, 0.05) is 0 Å². The molecule has 148 valence electrons. The molecule has 0 heterocycles. The Hall–Kier alpha value is -0.845. The van der Waals surface area contributed by atoms with Crippen LogP contribution >= 0.6 is 0 Å². The van der Waals surface area contributed by atoms with E-state index in [1.807, 2.05) is 5.57 Å². The SMILES string of the molecule is B=C1/C=C2/CCC(CC)C3/C2=C\C2C(CC1)CC1C=C4CC(C)C(C3C)C4C12. The summed E-state index contributed by atoms with van der Waals surface area (Å²) < 4.78 is 0. The Balaban J connectivity index is 1.57. The molecule has 0 saturated heterocycles. The zero-order chi connectivity index (χ0) is 19.2. The summed E-state index contributed by atoms with van der Waals surface area (Å²) in [5.41, 5.74) is 6.78. The third kappa shape index (κ3) is 2.34. The van der Waals surface area contributed by atoms with Crippen LogP contribution in [0.3, 0.4) is 0 Å². The van der Waals surface area contributed by atoms with Gasteiger partial charge in [-0.15, -0.1) is 0 Å². The number of allylic oxidation sites excluding steroid dienone is 6. The van der Waals surface area contributed by atoms with Gasteiger partial charge in [0.1, 0.15) is 0 Å². The molecule has 0 aromatic carbocycles. The van der Waals surface area contributed by atoms with Crippen LogP contribution in [0.2, 0.25) is 0 Å². The summed E-state index contributed by atoms with van der Waals surface area (Å²) in [5, 5.41) is 0. The van der Waals surface area contributed by atoms with Crippen molar-refractivity contribution in [2.45, 2.75) is 65.7 Å². The van der Waals surface area contributed by atoms with Gasteiger partial charge in [-0.05, 0) is 0 Å². The Morgan fingerprint density at radius 3 is 2.71 bits per heavy atom. The Kier molecular flexibility index (Phi) is 4.06. The molecule has 0 aliphatic heterocycles. The molecule has 0 nitrogen and oxygen atoms in total. The zero-order valence-corrected chi connectivity index (χ0v) is 18.2. The number of rotatable bonds is 1. The monoisotopic (exact) mass is 372 g/mol. The normalized spacial score (nSPS) is 55.1. The summed E-state index contributed by atoms with van der Waals surface area (Å²) in [4.78, 5) is 0. The summed E-state index contributed by atoms with van der Waals surface area (Å²) in [5.74, 6) is 8.80. The Labute approximate surface area is 173 Å². The van der Waals surface area contributed by atoms with E-state index in [0.717, 1.165) is 59.2 Å². The fourth-order valence-electron chi connectivity index (χ4n) is 9.37. The van der Waals surface area contributed by atoms with Crippen molar-refractivity contribution in [3.8, 4) is 0 Å². The van der Waals surface area contributed by atoms with E-state index in [9.17, 15) is 0 Å². The van der Waals surface area contributed by atoms with Crippen molar-refractivity contribution in [3.05, 3.63) is 34.9 Å². The van der Waals surface area contributed by atoms with Crippen molar-refractivity contribution in [1.82, 2.24) is 0 Å². The number of hydrogen-bond acceptors (Lipinski definition) is 0. The van der Waals surface area contributed by atoms with Crippen molar-refractivity contribution < 1.29 is 0 Å². The average Bonchev–Trinajstić information content (AvgIpc) is 3.26. The molecule has 0 aromatic rings. The van der Waals surface area contributed by atoms with Crippen LogP contribution in [0.15, 0.2) is 34.9 Å². The summed E-state index contributed by atoms with van der Waals surface area (Å²) in [6, 6.07) is 0. The van der Waals surface area contributed by atoms with Gasteiger partial charge in [-0.25, -0.2) is 0 Å². The first-order valence-electron chi connectivity index (χ1n) is 12.4. The molecule has 0 spiro atoms. The van der Waals surface area contributed by atoms with Crippen molar-refractivity contribution in [1.29, 1.82) is 0 Å². The minimum absolute atomic E-state index is 0.795. The quantitative estimate of drug-likeness (QED) is 0.399. The first-order valence-corrected chi connectivity index (χ1v) is 12.4. The standard InChI is InChI=1S/C27H37B/c1-4-16-5-6-18-12-21(28)8-7-17-10-20-11-19-9-14(2)24-15(3)25(16)22(18)13-23(17)26(20)27(19)24/h11-17,20,23-28H,4-10H2,1-3H3/b18-12-,22-13-. The van der Waals surface area contributed by atoms with E-state index in [2.05, 4.69) is 46.5 Å². The van der Waals surface area contributed by atoms with Crippen molar-refractivity contribution >= 4 is 13.0 Å². The van der Waals surface area contributed by atoms with Crippen LogP contribution in [0.4, 0.5) is 0 Å². The van der Waals surface area contributed by atoms with Gasteiger partial charge in [-0.1, -0.05) is 0 Å². The predicted octanol–water partition coefficient (Wildman–Crippen LogP) is 5.87. The van der Waals surface area contributed by atoms with E-state index in [1.165, 1.54) is 50.4 Å². The molecule has 0 amide bonds. The predicted molar refractivity (Wildman–Crippen MR) is 121 cm³/mol. The summed E-state index contributed by atoms with van der Waals surface area (Å²) in [7, 11) is 4.49. The first-order chi connectivity index (χ1) is 13.6. The third-order valence-corrected chi connectivity index (χ3v) is 10.3. The summed E-state index contributed by atoms with van der Waals surface area (Å²) in [6.45, 7) is 7.70. The third-order valence-electron chi connectivity index (χ3n) is 10.3.